The molecule has 0 saturated carbocycles. The molecule has 3 heterocycles. The van der Waals surface area contributed by atoms with Crippen LogP contribution in [-0.4, -0.2) is 82.6 Å². The molecule has 0 bridgehead atoms. The van der Waals surface area contributed by atoms with Gasteiger partial charge in [-0.1, -0.05) is 50.9 Å². The molecule has 2 N–H and O–H groups in total. The van der Waals surface area contributed by atoms with Crippen molar-refractivity contribution in [3.05, 3.63) is 38.7 Å². The van der Waals surface area contributed by atoms with Gasteiger partial charge in [0.1, 0.15) is 17.1 Å². The Bertz CT molecular complexity index is 1460. The molecule has 4 rings (SSSR count). The third kappa shape index (κ3) is 9.68. The van der Waals surface area contributed by atoms with Crippen molar-refractivity contribution in [3.8, 4) is 22.6 Å². The summed E-state index contributed by atoms with van der Waals surface area (Å²) >= 11 is 13.3. The van der Waals surface area contributed by atoms with Crippen LogP contribution in [0.1, 0.15) is 61.3 Å². The van der Waals surface area contributed by atoms with Gasteiger partial charge in [0.2, 0.25) is 11.9 Å². The minimum atomic E-state index is -0.993. The Morgan fingerprint density at radius 2 is 1.64 bits per heavy atom. The zero-order chi connectivity index (χ0) is 33.9. The molecule has 1 fully saturated rings. The van der Waals surface area contributed by atoms with Crippen LogP contribution in [0, 0.1) is 0 Å². The number of hydrogen-bond acceptors (Lipinski definition) is 9. The molecule has 45 heavy (non-hydrogen) atoms. The third-order valence-corrected chi connectivity index (χ3v) is 7.66. The Morgan fingerprint density at radius 1 is 1.07 bits per heavy atom. The molecule has 1 aliphatic heterocycles. The number of methoxy groups -OCH3 is 2. The van der Waals surface area contributed by atoms with Crippen molar-refractivity contribution in [2.45, 2.75) is 79.6 Å². The summed E-state index contributed by atoms with van der Waals surface area (Å²) in [6.45, 7) is 14.8. The van der Waals surface area contributed by atoms with Gasteiger partial charge in [-0.15, -0.1) is 0 Å². The van der Waals surface area contributed by atoms with Crippen molar-refractivity contribution in [2.24, 2.45) is 0 Å². The number of pyridine rings is 1. The van der Waals surface area contributed by atoms with Gasteiger partial charge in [0, 0.05) is 49.8 Å². The van der Waals surface area contributed by atoms with E-state index in [-0.39, 0.29) is 58.8 Å². The highest BCUT2D eigenvalue weighted by molar-refractivity contribution is 6.41. The summed E-state index contributed by atoms with van der Waals surface area (Å²) < 4.78 is 18.4. The number of aromatic nitrogens is 3. The molecule has 11 nitrogen and oxygen atoms in total. The summed E-state index contributed by atoms with van der Waals surface area (Å²) in [4.78, 5) is 36.5. The Labute approximate surface area is 275 Å². The van der Waals surface area contributed by atoms with E-state index in [4.69, 9.17) is 37.4 Å². The van der Waals surface area contributed by atoms with Crippen LogP contribution in [0.25, 0.3) is 22.2 Å². The number of nitrogens with one attached hydrogen (secondary N) is 1. The summed E-state index contributed by atoms with van der Waals surface area (Å²) in [6, 6.07) is 3.20. The van der Waals surface area contributed by atoms with E-state index in [2.05, 4.69) is 15.3 Å². The van der Waals surface area contributed by atoms with Crippen molar-refractivity contribution in [1.82, 2.24) is 19.4 Å². The average Bonchev–Trinajstić information content (AvgIpc) is 3.03. The van der Waals surface area contributed by atoms with E-state index in [9.17, 15) is 14.7 Å². The molecule has 2 aromatic heterocycles. The van der Waals surface area contributed by atoms with E-state index in [0.29, 0.717) is 35.6 Å². The third-order valence-electron chi connectivity index (χ3n) is 6.90. The quantitative estimate of drug-likeness (QED) is 0.266. The van der Waals surface area contributed by atoms with Crippen LogP contribution in [0.15, 0.2) is 23.1 Å². The number of aliphatic hydroxyl groups is 1. The van der Waals surface area contributed by atoms with Gasteiger partial charge < -0.3 is 29.5 Å². The lowest BCUT2D eigenvalue weighted by atomic mass is 10.0. The first-order valence-electron chi connectivity index (χ1n) is 15.3. The highest BCUT2D eigenvalue weighted by Gasteiger charge is 2.25. The first-order chi connectivity index (χ1) is 21.4. The van der Waals surface area contributed by atoms with Crippen LogP contribution in [0.3, 0.4) is 0 Å². The lowest BCUT2D eigenvalue weighted by molar-refractivity contribution is -0.131. The molecule has 250 valence electrons. The number of hydrogen-bond donors (Lipinski definition) is 2. The van der Waals surface area contributed by atoms with Gasteiger partial charge in [-0.25, -0.2) is 4.98 Å². The second kappa shape index (κ2) is 17.5. The van der Waals surface area contributed by atoms with Crippen LogP contribution in [0.4, 0.5) is 5.95 Å². The number of rotatable bonds is 10. The minimum absolute atomic E-state index is 0.0269. The van der Waals surface area contributed by atoms with E-state index >= 15 is 0 Å². The SMILES string of the molecule is CC.CC.COc1cc(OC)c(Cl)c(-c2cc3cnc(NCC(C)(C)O)nc3n(CCOC3CCN(C(C)=O)CC3)c2=O)c1Cl. The summed E-state index contributed by atoms with van der Waals surface area (Å²) in [6.07, 6.45) is 3.00. The molecule has 0 spiro atoms. The summed E-state index contributed by atoms with van der Waals surface area (Å²) in [5.41, 5.74) is -0.512. The highest BCUT2D eigenvalue weighted by Crippen LogP contribution is 2.45. The number of ether oxygens (including phenoxy) is 3. The highest BCUT2D eigenvalue weighted by atomic mass is 35.5. The lowest BCUT2D eigenvalue weighted by Crippen LogP contribution is -2.40. The number of anilines is 1. The number of carbonyl (C=O) groups is 1. The van der Waals surface area contributed by atoms with Gasteiger partial charge in [-0.05, 0) is 32.8 Å². The van der Waals surface area contributed by atoms with Gasteiger partial charge in [0.05, 0.1) is 54.7 Å². The van der Waals surface area contributed by atoms with Crippen LogP contribution in [0.2, 0.25) is 10.0 Å². The van der Waals surface area contributed by atoms with E-state index in [1.54, 1.807) is 44.0 Å². The maximum Gasteiger partial charge on any atom is 0.260 e. The largest absolute Gasteiger partial charge is 0.495 e. The van der Waals surface area contributed by atoms with Gasteiger partial charge >= 0.3 is 0 Å². The van der Waals surface area contributed by atoms with Crippen molar-refractivity contribution in [3.63, 3.8) is 0 Å². The second-order valence-corrected chi connectivity index (χ2v) is 11.3. The van der Waals surface area contributed by atoms with Crippen molar-refractivity contribution < 1.29 is 24.1 Å². The number of likely N-dealkylation sites (tertiary alicyclic amines) is 1. The first-order valence-corrected chi connectivity index (χ1v) is 16.0. The zero-order valence-corrected chi connectivity index (χ0v) is 29.3. The summed E-state index contributed by atoms with van der Waals surface area (Å²) in [5, 5.41) is 14.0. The first kappa shape index (κ1) is 38.1. The van der Waals surface area contributed by atoms with Crippen LogP contribution in [0.5, 0.6) is 11.5 Å². The monoisotopic (exact) mass is 667 g/mol. The molecule has 0 unspecified atom stereocenters. The van der Waals surface area contributed by atoms with Gasteiger partial charge in [0.25, 0.3) is 5.56 Å². The van der Waals surface area contributed by atoms with Gasteiger partial charge in [0.15, 0.2) is 0 Å². The van der Waals surface area contributed by atoms with Crippen molar-refractivity contribution in [2.75, 3.05) is 45.8 Å². The topological polar surface area (TPSA) is 128 Å². The van der Waals surface area contributed by atoms with E-state index in [1.165, 1.54) is 18.8 Å². The average molecular weight is 669 g/mol. The van der Waals surface area contributed by atoms with Crippen LogP contribution < -0.4 is 20.3 Å². The van der Waals surface area contributed by atoms with Crippen molar-refractivity contribution >= 4 is 46.1 Å². The van der Waals surface area contributed by atoms with E-state index < -0.39 is 11.2 Å². The van der Waals surface area contributed by atoms with E-state index in [0.717, 1.165) is 12.8 Å². The number of carbonyl (C=O) groups excluding carboxylic acids is 1. The van der Waals surface area contributed by atoms with Gasteiger partial charge in [-0.3, -0.25) is 14.2 Å². The van der Waals surface area contributed by atoms with Crippen molar-refractivity contribution in [1.29, 1.82) is 0 Å². The Morgan fingerprint density at radius 3 is 2.16 bits per heavy atom. The number of halogens is 2. The summed E-state index contributed by atoms with van der Waals surface area (Å²) in [7, 11) is 2.93. The number of fused-ring (bicyclic) bond motifs is 1. The molecule has 1 aromatic carbocycles. The van der Waals surface area contributed by atoms with Crippen LogP contribution in [-0.2, 0) is 16.1 Å². The number of piperidine rings is 1. The molecule has 1 amide bonds. The van der Waals surface area contributed by atoms with Crippen LogP contribution >= 0.6 is 23.2 Å². The molecular formula is C32H47Cl2N5O6. The smallest absolute Gasteiger partial charge is 0.260 e. The Kier molecular flexibility index (Phi) is 14.8. The maximum atomic E-state index is 14.1. The number of amides is 1. The fraction of sp³-hybridized carbons (Fsp3) is 0.562. The molecule has 0 atom stereocenters. The standard InChI is InChI=1S/C28H35Cl2N5O6.2C2H6/c1-16(36)34-8-6-18(7-9-34)41-11-10-35-25-17(14-31-27(33-25)32-15-28(2,3)38)12-19(26(35)37)22-23(29)20(39-4)13-21(40-5)24(22)30;2*1-2/h12-14,18,38H,6-11,15H2,1-5H3,(H,31,32,33);2*1-2H3. The fourth-order valence-electron chi connectivity index (χ4n) is 4.70. The molecular weight excluding hydrogens is 621 g/mol. The minimum Gasteiger partial charge on any atom is -0.495 e. The number of nitrogens with zero attached hydrogens (tertiary/aromatic N) is 4. The molecule has 0 aliphatic carbocycles. The molecule has 13 heteroatoms. The molecule has 1 aliphatic rings. The van der Waals surface area contributed by atoms with E-state index in [1.807, 2.05) is 27.7 Å². The maximum absolute atomic E-state index is 14.1. The Hall–Kier alpha value is -3.12. The molecule has 3 aromatic rings. The predicted molar refractivity (Wildman–Crippen MR) is 181 cm³/mol. The zero-order valence-electron chi connectivity index (χ0n) is 27.8. The van der Waals surface area contributed by atoms with Gasteiger partial charge in [-0.2, -0.15) is 4.98 Å². The predicted octanol–water partition coefficient (Wildman–Crippen LogP) is 6.05. The lowest BCUT2D eigenvalue weighted by Gasteiger charge is -2.31. The second-order valence-electron chi connectivity index (χ2n) is 10.5. The fourth-order valence-corrected chi connectivity index (χ4v) is 5.40. The Balaban J connectivity index is 0.00000169. The molecule has 1 saturated heterocycles. The number of benzene rings is 1. The normalized spacial score (nSPS) is 13.4. The summed E-state index contributed by atoms with van der Waals surface area (Å²) in [5.74, 6) is 0.920. The molecule has 0 radical (unpaired) electrons.